The molecule has 0 saturated heterocycles. The van der Waals surface area contributed by atoms with E-state index >= 15 is 0 Å². The van der Waals surface area contributed by atoms with Crippen molar-refractivity contribution < 1.29 is 14.6 Å². The molecule has 0 saturated carbocycles. The molecule has 0 aliphatic heterocycles. The van der Waals surface area contributed by atoms with Crippen molar-refractivity contribution in [2.45, 2.75) is 32.4 Å². The SMILES string of the molecule is CCOCCOc1ccc(C[C@@H](C)NCC(O)c2cccc(Cl)n2)cc1. The lowest BCUT2D eigenvalue weighted by molar-refractivity contribution is 0.110. The molecule has 1 heterocycles. The molecule has 0 fully saturated rings. The summed E-state index contributed by atoms with van der Waals surface area (Å²) in [5, 5.41) is 13.9. The van der Waals surface area contributed by atoms with Crippen molar-refractivity contribution in [2.75, 3.05) is 26.4 Å². The number of nitrogens with zero attached hydrogens (tertiary/aromatic N) is 1. The second-order valence-corrected chi connectivity index (χ2v) is 6.49. The van der Waals surface area contributed by atoms with Gasteiger partial charge < -0.3 is 19.9 Å². The fourth-order valence-corrected chi connectivity index (χ4v) is 2.71. The molecule has 2 aromatic rings. The smallest absolute Gasteiger partial charge is 0.129 e. The Morgan fingerprint density at radius 2 is 1.92 bits per heavy atom. The van der Waals surface area contributed by atoms with Gasteiger partial charge in [0.25, 0.3) is 0 Å². The summed E-state index contributed by atoms with van der Waals surface area (Å²) in [4.78, 5) is 4.13. The van der Waals surface area contributed by atoms with Crippen LogP contribution in [-0.2, 0) is 11.2 Å². The Morgan fingerprint density at radius 1 is 1.15 bits per heavy atom. The van der Waals surface area contributed by atoms with Crippen LogP contribution in [0.4, 0.5) is 0 Å². The number of ether oxygens (including phenoxy) is 2. The number of benzene rings is 1. The summed E-state index contributed by atoms with van der Waals surface area (Å²) in [6.45, 7) is 6.34. The average Bonchev–Trinajstić information content (AvgIpc) is 2.64. The van der Waals surface area contributed by atoms with Gasteiger partial charge in [-0.3, -0.25) is 0 Å². The van der Waals surface area contributed by atoms with Gasteiger partial charge in [0, 0.05) is 19.2 Å². The molecule has 142 valence electrons. The molecule has 0 radical (unpaired) electrons. The van der Waals surface area contributed by atoms with E-state index in [0.717, 1.165) is 12.2 Å². The molecule has 5 nitrogen and oxygen atoms in total. The standard InChI is InChI=1S/C20H27ClN2O3/c1-3-25-11-12-26-17-9-7-16(8-10-17)13-15(2)22-14-19(24)18-5-4-6-20(21)23-18/h4-10,15,19,22,24H,3,11-14H2,1-2H3/t15-,19?/m1/s1. The van der Waals surface area contributed by atoms with Crippen LogP contribution in [0.15, 0.2) is 42.5 Å². The first-order valence-corrected chi connectivity index (χ1v) is 9.29. The van der Waals surface area contributed by atoms with Crippen LogP contribution in [0.1, 0.15) is 31.2 Å². The van der Waals surface area contributed by atoms with Gasteiger partial charge in [-0.2, -0.15) is 0 Å². The molecule has 26 heavy (non-hydrogen) atoms. The van der Waals surface area contributed by atoms with E-state index in [-0.39, 0.29) is 6.04 Å². The molecule has 1 aromatic carbocycles. The maximum Gasteiger partial charge on any atom is 0.129 e. The van der Waals surface area contributed by atoms with E-state index in [1.54, 1.807) is 18.2 Å². The van der Waals surface area contributed by atoms with Gasteiger partial charge in [-0.25, -0.2) is 4.98 Å². The number of halogens is 1. The molecule has 0 aliphatic carbocycles. The first kappa shape index (κ1) is 20.6. The molecule has 6 heteroatoms. The number of pyridine rings is 1. The summed E-state index contributed by atoms with van der Waals surface area (Å²) < 4.78 is 10.9. The van der Waals surface area contributed by atoms with Gasteiger partial charge in [0.15, 0.2) is 0 Å². The predicted octanol–water partition coefficient (Wildman–Crippen LogP) is 3.40. The lowest BCUT2D eigenvalue weighted by atomic mass is 10.1. The number of aliphatic hydroxyl groups is 1. The summed E-state index contributed by atoms with van der Waals surface area (Å²) in [7, 11) is 0. The maximum atomic E-state index is 10.2. The number of nitrogens with one attached hydrogen (secondary N) is 1. The average molecular weight is 379 g/mol. The first-order valence-electron chi connectivity index (χ1n) is 8.92. The minimum absolute atomic E-state index is 0.216. The van der Waals surface area contributed by atoms with Crippen LogP contribution in [0.2, 0.25) is 5.15 Å². The van der Waals surface area contributed by atoms with Crippen molar-refractivity contribution >= 4 is 11.6 Å². The maximum absolute atomic E-state index is 10.2. The van der Waals surface area contributed by atoms with Gasteiger partial charge in [0.2, 0.25) is 0 Å². The third kappa shape index (κ3) is 7.30. The highest BCUT2D eigenvalue weighted by atomic mass is 35.5. The zero-order chi connectivity index (χ0) is 18.8. The van der Waals surface area contributed by atoms with Gasteiger partial charge in [-0.15, -0.1) is 0 Å². The summed E-state index contributed by atoms with van der Waals surface area (Å²) >= 11 is 5.86. The molecule has 2 rings (SSSR count). The molecule has 2 N–H and O–H groups in total. The topological polar surface area (TPSA) is 63.6 Å². The zero-order valence-corrected chi connectivity index (χ0v) is 16.1. The van der Waals surface area contributed by atoms with E-state index in [9.17, 15) is 5.11 Å². The Morgan fingerprint density at radius 3 is 2.62 bits per heavy atom. The molecule has 1 unspecified atom stereocenters. The predicted molar refractivity (Wildman–Crippen MR) is 104 cm³/mol. The van der Waals surface area contributed by atoms with Crippen molar-refractivity contribution in [1.82, 2.24) is 10.3 Å². The quantitative estimate of drug-likeness (QED) is 0.463. The van der Waals surface area contributed by atoms with E-state index in [2.05, 4.69) is 29.4 Å². The molecular formula is C20H27ClN2O3. The largest absolute Gasteiger partial charge is 0.491 e. The Bertz CT molecular complexity index is 652. The summed E-state index contributed by atoms with van der Waals surface area (Å²) in [6, 6.07) is 13.5. The van der Waals surface area contributed by atoms with Crippen molar-refractivity contribution in [3.05, 3.63) is 58.9 Å². The number of rotatable bonds is 11. The van der Waals surface area contributed by atoms with Crippen molar-refractivity contribution in [1.29, 1.82) is 0 Å². The highest BCUT2D eigenvalue weighted by molar-refractivity contribution is 6.29. The van der Waals surface area contributed by atoms with Gasteiger partial charge in [0.05, 0.1) is 12.3 Å². The second kappa shape index (κ2) is 11.1. The Balaban J connectivity index is 1.74. The molecule has 0 aliphatic rings. The van der Waals surface area contributed by atoms with E-state index in [1.165, 1.54) is 5.56 Å². The second-order valence-electron chi connectivity index (χ2n) is 6.10. The van der Waals surface area contributed by atoms with Crippen LogP contribution < -0.4 is 10.1 Å². The summed E-state index contributed by atoms with van der Waals surface area (Å²) in [5.74, 6) is 0.844. The molecule has 1 aromatic heterocycles. The molecule has 0 amide bonds. The van der Waals surface area contributed by atoms with Gasteiger partial charge in [0.1, 0.15) is 23.6 Å². The normalized spacial score (nSPS) is 13.4. The molecular weight excluding hydrogens is 352 g/mol. The lowest BCUT2D eigenvalue weighted by Gasteiger charge is -2.17. The highest BCUT2D eigenvalue weighted by Gasteiger charge is 2.11. The van der Waals surface area contributed by atoms with E-state index in [0.29, 0.717) is 37.2 Å². The van der Waals surface area contributed by atoms with E-state index in [1.807, 2.05) is 19.1 Å². The van der Waals surface area contributed by atoms with E-state index < -0.39 is 6.10 Å². The van der Waals surface area contributed by atoms with Crippen LogP contribution >= 0.6 is 11.6 Å². The van der Waals surface area contributed by atoms with Crippen molar-refractivity contribution in [3.63, 3.8) is 0 Å². The monoisotopic (exact) mass is 378 g/mol. The first-order chi connectivity index (χ1) is 12.6. The van der Waals surface area contributed by atoms with Gasteiger partial charge >= 0.3 is 0 Å². The van der Waals surface area contributed by atoms with Crippen LogP contribution in [0.5, 0.6) is 5.75 Å². The molecule has 0 spiro atoms. The van der Waals surface area contributed by atoms with Crippen LogP contribution in [-0.4, -0.2) is 42.5 Å². The van der Waals surface area contributed by atoms with Crippen molar-refractivity contribution in [2.24, 2.45) is 0 Å². The lowest BCUT2D eigenvalue weighted by Crippen LogP contribution is -2.32. The number of hydrogen-bond acceptors (Lipinski definition) is 5. The fourth-order valence-electron chi connectivity index (χ4n) is 2.54. The third-order valence-electron chi connectivity index (χ3n) is 3.90. The minimum Gasteiger partial charge on any atom is -0.491 e. The van der Waals surface area contributed by atoms with Crippen molar-refractivity contribution in [3.8, 4) is 5.75 Å². The van der Waals surface area contributed by atoms with Crippen LogP contribution in [0.25, 0.3) is 0 Å². The number of hydrogen-bond donors (Lipinski definition) is 2. The zero-order valence-electron chi connectivity index (χ0n) is 15.3. The minimum atomic E-state index is -0.683. The van der Waals surface area contributed by atoms with Gasteiger partial charge in [-0.1, -0.05) is 29.8 Å². The fraction of sp³-hybridized carbons (Fsp3) is 0.450. The van der Waals surface area contributed by atoms with Crippen LogP contribution in [0.3, 0.4) is 0 Å². The van der Waals surface area contributed by atoms with Gasteiger partial charge in [-0.05, 0) is 50.1 Å². The molecule has 0 bridgehead atoms. The van der Waals surface area contributed by atoms with E-state index in [4.69, 9.17) is 21.1 Å². The third-order valence-corrected chi connectivity index (χ3v) is 4.11. The Hall–Kier alpha value is -1.66. The Kier molecular flexibility index (Phi) is 8.85. The highest BCUT2D eigenvalue weighted by Crippen LogP contribution is 2.15. The molecule has 2 atom stereocenters. The van der Waals surface area contributed by atoms with Crippen LogP contribution in [0, 0.1) is 0 Å². The number of aromatic nitrogens is 1. The summed E-state index contributed by atoms with van der Waals surface area (Å²) in [6.07, 6.45) is 0.173. The summed E-state index contributed by atoms with van der Waals surface area (Å²) in [5.41, 5.74) is 1.78. The number of aliphatic hydroxyl groups excluding tert-OH is 1. The Labute approximate surface area is 160 Å².